The number of fused-ring (bicyclic) bond motifs is 2. The van der Waals surface area contributed by atoms with Crippen LogP contribution >= 0.6 is 15.9 Å². The molecule has 0 bridgehead atoms. The highest BCUT2D eigenvalue weighted by Crippen LogP contribution is 2.36. The lowest BCUT2D eigenvalue weighted by Gasteiger charge is -2.17. The number of aliphatic hydroxyl groups excluding tert-OH is 1. The van der Waals surface area contributed by atoms with Gasteiger partial charge in [-0.15, -0.1) is 0 Å². The largest absolute Gasteiger partial charge is 0.390 e. The SMILES string of the molecule is CCc1nc2c(C)cc(CO)nc2n1C1C=Cc2cc(Br)ccc21. The van der Waals surface area contributed by atoms with Crippen LogP contribution in [0.15, 0.2) is 34.8 Å². The third kappa shape index (κ3) is 2.31. The molecule has 1 N–H and O–H groups in total. The highest BCUT2D eigenvalue weighted by Gasteiger charge is 2.25. The molecule has 0 radical (unpaired) electrons. The van der Waals surface area contributed by atoms with Crippen molar-refractivity contribution in [1.82, 2.24) is 14.5 Å². The van der Waals surface area contributed by atoms with E-state index in [0.29, 0.717) is 5.69 Å². The van der Waals surface area contributed by atoms with Gasteiger partial charge in [-0.3, -0.25) is 0 Å². The van der Waals surface area contributed by atoms with Crippen LogP contribution in [0.4, 0.5) is 0 Å². The van der Waals surface area contributed by atoms with Gasteiger partial charge in [-0.2, -0.15) is 0 Å². The van der Waals surface area contributed by atoms with E-state index in [1.165, 1.54) is 11.1 Å². The molecule has 2 aromatic heterocycles. The molecule has 0 saturated carbocycles. The number of nitrogens with zero attached hydrogens (tertiary/aromatic N) is 3. The summed E-state index contributed by atoms with van der Waals surface area (Å²) in [5.41, 5.74) is 5.97. The zero-order valence-corrected chi connectivity index (χ0v) is 15.2. The molecule has 24 heavy (non-hydrogen) atoms. The number of aromatic nitrogens is 3. The smallest absolute Gasteiger partial charge is 0.161 e. The number of aryl methyl sites for hydroxylation is 2. The van der Waals surface area contributed by atoms with Crippen LogP contribution in [0.25, 0.3) is 17.2 Å². The number of pyridine rings is 1. The molecule has 1 aliphatic rings. The third-order valence-electron chi connectivity index (χ3n) is 4.55. The van der Waals surface area contributed by atoms with E-state index in [2.05, 4.69) is 62.8 Å². The monoisotopic (exact) mass is 383 g/mol. The summed E-state index contributed by atoms with van der Waals surface area (Å²) in [5, 5.41) is 9.52. The van der Waals surface area contributed by atoms with Crippen molar-refractivity contribution >= 4 is 33.2 Å². The van der Waals surface area contributed by atoms with Gasteiger partial charge in [-0.1, -0.05) is 41.1 Å². The molecule has 0 amide bonds. The van der Waals surface area contributed by atoms with Gasteiger partial charge in [0.05, 0.1) is 18.3 Å². The molecule has 122 valence electrons. The van der Waals surface area contributed by atoms with Crippen molar-refractivity contribution in [2.45, 2.75) is 32.9 Å². The first-order valence-corrected chi connectivity index (χ1v) is 8.87. The minimum Gasteiger partial charge on any atom is -0.390 e. The molecule has 2 heterocycles. The van der Waals surface area contributed by atoms with Gasteiger partial charge in [0, 0.05) is 10.9 Å². The predicted molar refractivity (Wildman–Crippen MR) is 98.9 cm³/mol. The molecule has 1 aromatic carbocycles. The van der Waals surface area contributed by atoms with Crippen LogP contribution in [0.1, 0.15) is 41.2 Å². The van der Waals surface area contributed by atoms with Crippen molar-refractivity contribution in [3.63, 3.8) is 0 Å². The van der Waals surface area contributed by atoms with Crippen molar-refractivity contribution in [1.29, 1.82) is 0 Å². The van der Waals surface area contributed by atoms with Gasteiger partial charge in [0.1, 0.15) is 11.3 Å². The second-order valence-corrected chi connectivity index (χ2v) is 7.01. The molecule has 3 aromatic rings. The standard InChI is InChI=1S/C19H18BrN3O/c1-3-17-22-18-11(2)8-14(10-24)21-19(18)23(17)16-7-4-12-9-13(20)5-6-15(12)16/h4-9,16,24H,3,10H2,1-2H3. The molecule has 0 spiro atoms. The van der Waals surface area contributed by atoms with Gasteiger partial charge in [-0.25, -0.2) is 9.97 Å². The number of hydrogen-bond donors (Lipinski definition) is 1. The van der Waals surface area contributed by atoms with Gasteiger partial charge in [0.2, 0.25) is 0 Å². The molecule has 5 heteroatoms. The first kappa shape index (κ1) is 15.5. The van der Waals surface area contributed by atoms with Gasteiger partial charge >= 0.3 is 0 Å². The van der Waals surface area contributed by atoms with Crippen LogP contribution in [0.2, 0.25) is 0 Å². The summed E-state index contributed by atoms with van der Waals surface area (Å²) in [4.78, 5) is 9.48. The lowest BCUT2D eigenvalue weighted by molar-refractivity contribution is 0.277. The van der Waals surface area contributed by atoms with Crippen LogP contribution in [-0.4, -0.2) is 19.6 Å². The molecule has 0 fully saturated rings. The molecule has 1 aliphatic carbocycles. The second-order valence-electron chi connectivity index (χ2n) is 6.09. The van der Waals surface area contributed by atoms with E-state index >= 15 is 0 Å². The van der Waals surface area contributed by atoms with Crippen molar-refractivity contribution < 1.29 is 5.11 Å². The second kappa shape index (κ2) is 5.83. The lowest BCUT2D eigenvalue weighted by Crippen LogP contribution is -2.11. The van der Waals surface area contributed by atoms with E-state index in [1.54, 1.807) is 0 Å². The van der Waals surface area contributed by atoms with Crippen molar-refractivity contribution in [2.24, 2.45) is 0 Å². The Hall–Kier alpha value is -1.98. The van der Waals surface area contributed by atoms with Crippen LogP contribution in [0.5, 0.6) is 0 Å². The number of imidazole rings is 1. The van der Waals surface area contributed by atoms with E-state index in [0.717, 1.165) is 33.4 Å². The van der Waals surface area contributed by atoms with E-state index < -0.39 is 0 Å². The number of aliphatic hydroxyl groups is 1. The van der Waals surface area contributed by atoms with Crippen LogP contribution in [-0.2, 0) is 13.0 Å². The molecule has 0 aliphatic heterocycles. The van der Waals surface area contributed by atoms with Crippen LogP contribution in [0, 0.1) is 6.92 Å². The first-order chi connectivity index (χ1) is 11.6. The maximum Gasteiger partial charge on any atom is 0.161 e. The molecule has 1 atom stereocenters. The average molecular weight is 384 g/mol. The predicted octanol–water partition coefficient (Wildman–Crippen LogP) is 4.17. The third-order valence-corrected chi connectivity index (χ3v) is 5.04. The van der Waals surface area contributed by atoms with E-state index in [-0.39, 0.29) is 12.6 Å². The van der Waals surface area contributed by atoms with Crippen LogP contribution in [0.3, 0.4) is 0 Å². The topological polar surface area (TPSA) is 50.9 Å². The number of benzene rings is 1. The summed E-state index contributed by atoms with van der Waals surface area (Å²) in [5.74, 6) is 1.01. The summed E-state index contributed by atoms with van der Waals surface area (Å²) in [6, 6.07) is 8.36. The molecule has 4 nitrogen and oxygen atoms in total. The molecule has 0 saturated heterocycles. The number of hydrogen-bond acceptors (Lipinski definition) is 3. The summed E-state index contributed by atoms with van der Waals surface area (Å²) in [6.07, 6.45) is 5.18. The summed E-state index contributed by atoms with van der Waals surface area (Å²) in [6.45, 7) is 4.07. The molecular weight excluding hydrogens is 366 g/mol. The Labute approximate surface area is 149 Å². The maximum absolute atomic E-state index is 9.52. The van der Waals surface area contributed by atoms with E-state index in [4.69, 9.17) is 4.98 Å². The highest BCUT2D eigenvalue weighted by atomic mass is 79.9. The maximum atomic E-state index is 9.52. The average Bonchev–Trinajstić information content (AvgIpc) is 3.14. The summed E-state index contributed by atoms with van der Waals surface area (Å²) >= 11 is 3.54. The van der Waals surface area contributed by atoms with Crippen molar-refractivity contribution in [3.8, 4) is 0 Å². The van der Waals surface area contributed by atoms with Crippen molar-refractivity contribution in [3.05, 3.63) is 63.0 Å². The summed E-state index contributed by atoms with van der Waals surface area (Å²) < 4.78 is 3.28. The Morgan fingerprint density at radius 1 is 1.25 bits per heavy atom. The highest BCUT2D eigenvalue weighted by molar-refractivity contribution is 9.10. The van der Waals surface area contributed by atoms with Gasteiger partial charge < -0.3 is 9.67 Å². The zero-order chi connectivity index (χ0) is 16.8. The molecular formula is C19H18BrN3O. The Kier molecular flexibility index (Phi) is 3.77. The number of allylic oxidation sites excluding steroid dienone is 1. The molecule has 4 rings (SSSR count). The van der Waals surface area contributed by atoms with E-state index in [1.807, 2.05) is 13.0 Å². The van der Waals surface area contributed by atoms with Crippen LogP contribution < -0.4 is 0 Å². The number of rotatable bonds is 3. The minimum atomic E-state index is -0.0620. The van der Waals surface area contributed by atoms with Crippen molar-refractivity contribution in [2.75, 3.05) is 0 Å². The first-order valence-electron chi connectivity index (χ1n) is 8.08. The lowest BCUT2D eigenvalue weighted by atomic mass is 10.1. The van der Waals surface area contributed by atoms with E-state index in [9.17, 15) is 5.11 Å². The fraction of sp³-hybridized carbons (Fsp3) is 0.263. The Bertz CT molecular complexity index is 974. The minimum absolute atomic E-state index is 0.0620. The van der Waals surface area contributed by atoms with Gasteiger partial charge in [0.25, 0.3) is 0 Å². The van der Waals surface area contributed by atoms with Gasteiger partial charge in [-0.05, 0) is 41.8 Å². The number of halogens is 1. The fourth-order valence-electron chi connectivity index (χ4n) is 3.43. The zero-order valence-electron chi connectivity index (χ0n) is 13.6. The summed E-state index contributed by atoms with van der Waals surface area (Å²) in [7, 11) is 0. The Balaban J connectivity index is 1.98. The normalized spacial score (nSPS) is 16.1. The molecule has 1 unspecified atom stereocenters. The van der Waals surface area contributed by atoms with Gasteiger partial charge in [0.15, 0.2) is 5.65 Å². The Morgan fingerprint density at radius 2 is 2.08 bits per heavy atom. The quantitative estimate of drug-likeness (QED) is 0.737. The fourth-order valence-corrected chi connectivity index (χ4v) is 3.81. The Morgan fingerprint density at radius 3 is 2.83 bits per heavy atom.